The Kier molecular flexibility index (Phi) is 7.42. The summed E-state index contributed by atoms with van der Waals surface area (Å²) < 4.78 is 5.72. The van der Waals surface area contributed by atoms with Crippen LogP contribution in [0.5, 0.6) is 5.75 Å². The van der Waals surface area contributed by atoms with Gasteiger partial charge in [0.15, 0.2) is 5.96 Å². The summed E-state index contributed by atoms with van der Waals surface area (Å²) >= 11 is 0. The molecule has 0 atom stereocenters. The zero-order valence-electron chi connectivity index (χ0n) is 12.3. The van der Waals surface area contributed by atoms with Gasteiger partial charge >= 0.3 is 0 Å². The third-order valence-electron chi connectivity index (χ3n) is 2.62. The molecule has 2 rings (SSSR count). The Hall–Kier alpha value is -3.29. The number of benzene rings is 2. The first-order valence-corrected chi connectivity index (χ1v) is 6.66. The summed E-state index contributed by atoms with van der Waals surface area (Å²) in [6.07, 6.45) is 0. The molecule has 0 spiro atoms. The van der Waals surface area contributed by atoms with Crippen LogP contribution in [0.2, 0.25) is 0 Å². The van der Waals surface area contributed by atoms with Crippen molar-refractivity contribution in [1.29, 1.82) is 0 Å². The molecular formula is C15H18N4O4. The van der Waals surface area contributed by atoms with Gasteiger partial charge in [-0.15, -0.1) is 10.1 Å². The molecule has 0 aliphatic rings. The second-order valence-corrected chi connectivity index (χ2v) is 4.26. The molecule has 0 aromatic heterocycles. The van der Waals surface area contributed by atoms with E-state index in [0.717, 1.165) is 16.9 Å². The van der Waals surface area contributed by atoms with Crippen LogP contribution in [0.15, 0.2) is 59.6 Å². The van der Waals surface area contributed by atoms with Gasteiger partial charge in [0.1, 0.15) is 12.4 Å². The SMILES string of the molecule is NC(N)=NCCOc1ccccc1-c1ccccc1.O=[N+]([O-])O. The van der Waals surface area contributed by atoms with Crippen LogP contribution in [0.25, 0.3) is 11.1 Å². The molecule has 122 valence electrons. The Bertz CT molecular complexity index is 639. The highest BCUT2D eigenvalue weighted by Crippen LogP contribution is 2.29. The van der Waals surface area contributed by atoms with Gasteiger partial charge in [-0.05, 0) is 11.6 Å². The van der Waals surface area contributed by atoms with E-state index in [4.69, 9.17) is 31.5 Å². The minimum atomic E-state index is -1.50. The largest absolute Gasteiger partial charge is 0.491 e. The van der Waals surface area contributed by atoms with Crippen molar-refractivity contribution in [2.24, 2.45) is 16.5 Å². The average molecular weight is 318 g/mol. The van der Waals surface area contributed by atoms with E-state index in [1.807, 2.05) is 42.5 Å². The van der Waals surface area contributed by atoms with Crippen LogP contribution in [0, 0.1) is 10.1 Å². The van der Waals surface area contributed by atoms with E-state index in [1.54, 1.807) is 0 Å². The third kappa shape index (κ3) is 7.32. The molecule has 2 aromatic carbocycles. The van der Waals surface area contributed by atoms with Crippen LogP contribution in [0.4, 0.5) is 0 Å². The topological polar surface area (TPSA) is 137 Å². The minimum absolute atomic E-state index is 0.0833. The fourth-order valence-corrected chi connectivity index (χ4v) is 1.78. The van der Waals surface area contributed by atoms with Crippen LogP contribution < -0.4 is 16.2 Å². The van der Waals surface area contributed by atoms with E-state index < -0.39 is 5.09 Å². The molecule has 23 heavy (non-hydrogen) atoms. The zero-order valence-corrected chi connectivity index (χ0v) is 12.3. The quantitative estimate of drug-likeness (QED) is 0.252. The number of nitrogens with zero attached hydrogens (tertiary/aromatic N) is 2. The van der Waals surface area contributed by atoms with Crippen LogP contribution in [0.3, 0.4) is 0 Å². The van der Waals surface area contributed by atoms with Gasteiger partial charge in [-0.2, -0.15) is 0 Å². The Morgan fingerprint density at radius 1 is 1.13 bits per heavy atom. The Morgan fingerprint density at radius 2 is 1.70 bits per heavy atom. The maximum atomic E-state index is 8.36. The highest BCUT2D eigenvalue weighted by molar-refractivity contribution is 5.75. The average Bonchev–Trinajstić information content (AvgIpc) is 2.52. The molecule has 0 radical (unpaired) electrons. The highest BCUT2D eigenvalue weighted by Gasteiger charge is 2.04. The summed E-state index contributed by atoms with van der Waals surface area (Å²) in [4.78, 5) is 12.3. The number of hydrogen-bond acceptors (Lipinski definition) is 4. The molecule has 0 heterocycles. The van der Waals surface area contributed by atoms with Crippen molar-refractivity contribution < 1.29 is 15.0 Å². The van der Waals surface area contributed by atoms with E-state index in [2.05, 4.69) is 17.1 Å². The van der Waals surface area contributed by atoms with Gasteiger partial charge in [0, 0.05) is 5.56 Å². The van der Waals surface area contributed by atoms with Crippen molar-refractivity contribution in [3.8, 4) is 16.9 Å². The summed E-state index contributed by atoms with van der Waals surface area (Å²) in [5, 5.41) is 13.6. The second kappa shape index (κ2) is 9.61. The summed E-state index contributed by atoms with van der Waals surface area (Å²) in [7, 11) is 0. The lowest BCUT2D eigenvalue weighted by atomic mass is 10.1. The summed E-state index contributed by atoms with van der Waals surface area (Å²) in [6.45, 7) is 0.896. The lowest BCUT2D eigenvalue weighted by molar-refractivity contribution is -0.742. The van der Waals surface area contributed by atoms with E-state index in [-0.39, 0.29) is 5.96 Å². The Labute approximate surface area is 133 Å². The number of para-hydroxylation sites is 1. The first-order valence-electron chi connectivity index (χ1n) is 6.66. The van der Waals surface area contributed by atoms with Gasteiger partial charge in [0.2, 0.25) is 0 Å². The fraction of sp³-hybridized carbons (Fsp3) is 0.133. The number of rotatable bonds is 5. The molecule has 0 amide bonds. The van der Waals surface area contributed by atoms with Crippen molar-refractivity contribution >= 4 is 5.96 Å². The van der Waals surface area contributed by atoms with Crippen molar-refractivity contribution in [2.75, 3.05) is 13.2 Å². The molecule has 8 heteroatoms. The van der Waals surface area contributed by atoms with Crippen molar-refractivity contribution in [3.05, 3.63) is 64.7 Å². The standard InChI is InChI=1S/C15H17N3O.HNO3/c16-15(17)18-10-11-19-14-9-5-4-8-13(14)12-6-2-1-3-7-12;2-1(3)4/h1-9H,10-11H2,(H4,16,17,18);(H,2,3,4). The molecule has 0 saturated heterocycles. The molecule has 0 aliphatic carbocycles. The van der Waals surface area contributed by atoms with Gasteiger partial charge in [-0.1, -0.05) is 48.5 Å². The van der Waals surface area contributed by atoms with Gasteiger partial charge < -0.3 is 21.4 Å². The maximum absolute atomic E-state index is 8.36. The van der Waals surface area contributed by atoms with Crippen LogP contribution in [-0.2, 0) is 0 Å². The lowest BCUT2D eigenvalue weighted by Crippen LogP contribution is -2.23. The summed E-state index contributed by atoms with van der Waals surface area (Å²) in [5.74, 6) is 0.916. The van der Waals surface area contributed by atoms with Gasteiger partial charge in [-0.3, -0.25) is 4.99 Å². The molecule has 0 fully saturated rings. The van der Waals surface area contributed by atoms with E-state index in [1.165, 1.54) is 0 Å². The van der Waals surface area contributed by atoms with Gasteiger partial charge in [-0.25, -0.2) is 0 Å². The third-order valence-corrected chi connectivity index (χ3v) is 2.62. The van der Waals surface area contributed by atoms with Gasteiger partial charge in [0.05, 0.1) is 6.54 Å². The first-order chi connectivity index (χ1) is 11.0. The number of nitrogens with two attached hydrogens (primary N) is 2. The molecule has 0 unspecified atom stereocenters. The number of guanidine groups is 1. The molecule has 0 bridgehead atoms. The smallest absolute Gasteiger partial charge is 0.291 e. The summed E-state index contributed by atoms with van der Waals surface area (Å²) in [6, 6.07) is 18.0. The van der Waals surface area contributed by atoms with Crippen LogP contribution in [-0.4, -0.2) is 29.4 Å². The van der Waals surface area contributed by atoms with Crippen molar-refractivity contribution in [1.82, 2.24) is 0 Å². The predicted octanol–water partition coefficient (Wildman–Crippen LogP) is 1.66. The summed E-state index contributed by atoms with van der Waals surface area (Å²) in [5.41, 5.74) is 12.7. The number of ether oxygens (including phenoxy) is 1. The van der Waals surface area contributed by atoms with Crippen molar-refractivity contribution in [2.45, 2.75) is 0 Å². The molecule has 5 N–H and O–H groups in total. The minimum Gasteiger partial charge on any atom is -0.491 e. The molecule has 0 aliphatic heterocycles. The van der Waals surface area contributed by atoms with E-state index in [9.17, 15) is 0 Å². The zero-order chi connectivity index (χ0) is 17.1. The Balaban J connectivity index is 0.000000593. The van der Waals surface area contributed by atoms with E-state index >= 15 is 0 Å². The van der Waals surface area contributed by atoms with E-state index in [0.29, 0.717) is 13.2 Å². The molecular weight excluding hydrogens is 300 g/mol. The normalized spacial score (nSPS) is 9.22. The van der Waals surface area contributed by atoms with Crippen LogP contribution in [0.1, 0.15) is 0 Å². The molecule has 2 aromatic rings. The monoisotopic (exact) mass is 318 g/mol. The van der Waals surface area contributed by atoms with Gasteiger partial charge in [0.25, 0.3) is 5.09 Å². The number of aliphatic imine (C=N–C) groups is 1. The first kappa shape index (κ1) is 17.8. The lowest BCUT2D eigenvalue weighted by Gasteiger charge is -2.10. The number of hydrogen-bond donors (Lipinski definition) is 3. The second-order valence-electron chi connectivity index (χ2n) is 4.26. The fourth-order valence-electron chi connectivity index (χ4n) is 1.78. The van der Waals surface area contributed by atoms with Crippen LogP contribution >= 0.6 is 0 Å². The van der Waals surface area contributed by atoms with Crippen molar-refractivity contribution in [3.63, 3.8) is 0 Å². The Morgan fingerprint density at radius 3 is 2.30 bits per heavy atom. The molecule has 8 nitrogen and oxygen atoms in total. The maximum Gasteiger partial charge on any atom is 0.291 e. The highest BCUT2D eigenvalue weighted by atomic mass is 16.9. The molecule has 0 saturated carbocycles. The predicted molar refractivity (Wildman–Crippen MR) is 86.8 cm³/mol.